The van der Waals surface area contributed by atoms with Gasteiger partial charge in [0.05, 0.1) is 30.0 Å². The third-order valence-electron chi connectivity index (χ3n) is 3.54. The minimum atomic E-state index is -0.525. The predicted molar refractivity (Wildman–Crippen MR) is 93.2 cm³/mol. The minimum absolute atomic E-state index is 0.204. The van der Waals surface area contributed by atoms with Gasteiger partial charge in [0.25, 0.3) is 0 Å². The molecule has 1 amide bonds. The monoisotopic (exact) mass is 338 g/mol. The number of nitrogens with zero attached hydrogens (tertiary/aromatic N) is 2. The second kappa shape index (κ2) is 8.45. The van der Waals surface area contributed by atoms with E-state index in [2.05, 4.69) is 26.4 Å². The van der Waals surface area contributed by atoms with Crippen LogP contribution in [0.1, 0.15) is 27.9 Å². The van der Waals surface area contributed by atoms with Gasteiger partial charge in [0, 0.05) is 19.7 Å². The van der Waals surface area contributed by atoms with Gasteiger partial charge in [0.1, 0.15) is 5.82 Å². The first-order valence-corrected chi connectivity index (χ1v) is 7.62. The van der Waals surface area contributed by atoms with E-state index in [-0.39, 0.29) is 17.9 Å². The second-order valence-electron chi connectivity index (χ2n) is 5.22. The smallest absolute Gasteiger partial charge is 0.339 e. The number of esters is 1. The Morgan fingerprint density at radius 2 is 2.00 bits per heavy atom. The lowest BCUT2D eigenvalue weighted by Gasteiger charge is -2.11. The fraction of sp³-hybridized carbons (Fsp3) is 0.222. The maximum atomic E-state index is 12.2. The van der Waals surface area contributed by atoms with Crippen LogP contribution in [0.3, 0.4) is 0 Å². The molecule has 0 aliphatic carbocycles. The Balaban J connectivity index is 2.03. The molecule has 7 nitrogen and oxygen atoms in total. The van der Waals surface area contributed by atoms with Gasteiger partial charge in [-0.15, -0.1) is 0 Å². The molecule has 0 aliphatic rings. The Hall–Kier alpha value is -3.40. The molecule has 0 spiro atoms. The van der Waals surface area contributed by atoms with Gasteiger partial charge in [-0.1, -0.05) is 12.1 Å². The van der Waals surface area contributed by atoms with Crippen LogP contribution >= 0.6 is 0 Å². The zero-order valence-corrected chi connectivity index (χ0v) is 14.0. The van der Waals surface area contributed by atoms with Gasteiger partial charge in [-0.05, 0) is 30.2 Å². The molecular weight excluding hydrogens is 320 g/mol. The molecule has 0 aliphatic heterocycles. The van der Waals surface area contributed by atoms with E-state index >= 15 is 0 Å². The van der Waals surface area contributed by atoms with E-state index < -0.39 is 5.97 Å². The van der Waals surface area contributed by atoms with Gasteiger partial charge in [-0.2, -0.15) is 5.26 Å². The number of carbonyl (C=O) groups excluding carboxylic acids is 2. The van der Waals surface area contributed by atoms with Crippen molar-refractivity contribution in [1.82, 2.24) is 4.98 Å². The summed E-state index contributed by atoms with van der Waals surface area (Å²) in [6, 6.07) is 10.7. The van der Waals surface area contributed by atoms with Gasteiger partial charge in [0.15, 0.2) is 0 Å². The lowest BCUT2D eigenvalue weighted by Crippen LogP contribution is -2.15. The molecule has 1 aromatic carbocycles. The highest BCUT2D eigenvalue weighted by atomic mass is 16.5. The van der Waals surface area contributed by atoms with Crippen LogP contribution in [0.2, 0.25) is 0 Å². The lowest BCUT2D eigenvalue weighted by molar-refractivity contribution is -0.116. The van der Waals surface area contributed by atoms with Crippen molar-refractivity contribution in [3.8, 4) is 6.07 Å². The number of ether oxygens (including phenoxy) is 1. The summed E-state index contributed by atoms with van der Waals surface area (Å²) >= 11 is 0. The number of carbonyl (C=O) groups is 2. The number of methoxy groups -OCH3 is 1. The highest BCUT2D eigenvalue weighted by molar-refractivity contribution is 5.96. The molecule has 0 fully saturated rings. The summed E-state index contributed by atoms with van der Waals surface area (Å²) in [6.45, 7) is 0. The van der Waals surface area contributed by atoms with Gasteiger partial charge < -0.3 is 15.4 Å². The number of rotatable bonds is 6. The largest absolute Gasteiger partial charge is 0.465 e. The molecule has 25 heavy (non-hydrogen) atoms. The van der Waals surface area contributed by atoms with Crippen molar-refractivity contribution in [2.75, 3.05) is 24.8 Å². The van der Waals surface area contributed by atoms with E-state index in [0.29, 0.717) is 23.5 Å². The van der Waals surface area contributed by atoms with Crippen LogP contribution in [0.15, 0.2) is 36.5 Å². The number of nitriles is 1. The summed E-state index contributed by atoms with van der Waals surface area (Å²) in [4.78, 5) is 27.9. The summed E-state index contributed by atoms with van der Waals surface area (Å²) < 4.78 is 4.66. The molecule has 2 N–H and O–H groups in total. The second-order valence-corrected chi connectivity index (χ2v) is 5.22. The average Bonchev–Trinajstić information content (AvgIpc) is 2.66. The highest BCUT2D eigenvalue weighted by Crippen LogP contribution is 2.20. The standard InChI is InChI=1S/C18H18N4O3/c1-20-17-15(9-14(11-21-17)18(24)25-2)22-16(23)8-7-12-3-5-13(10-19)6-4-12/h3-6,9,11H,7-8H2,1-2H3,(H,20,21)(H,22,23). The van der Waals surface area contributed by atoms with Crippen LogP contribution < -0.4 is 10.6 Å². The maximum absolute atomic E-state index is 12.2. The number of hydrogen-bond donors (Lipinski definition) is 2. The molecule has 0 unspecified atom stereocenters. The maximum Gasteiger partial charge on any atom is 0.339 e. The van der Waals surface area contributed by atoms with Crippen LogP contribution in [0.5, 0.6) is 0 Å². The topological polar surface area (TPSA) is 104 Å². The quantitative estimate of drug-likeness (QED) is 0.784. The van der Waals surface area contributed by atoms with Crippen LogP contribution in [0, 0.1) is 11.3 Å². The Labute approximate surface area is 145 Å². The van der Waals surface area contributed by atoms with E-state index in [0.717, 1.165) is 5.56 Å². The van der Waals surface area contributed by atoms with Gasteiger partial charge in [-0.3, -0.25) is 4.79 Å². The van der Waals surface area contributed by atoms with Crippen molar-refractivity contribution in [3.05, 3.63) is 53.2 Å². The number of nitrogens with one attached hydrogen (secondary N) is 2. The summed E-state index contributed by atoms with van der Waals surface area (Å²) in [5.74, 6) is -0.271. The number of amides is 1. The Kier molecular flexibility index (Phi) is 6.07. The third-order valence-corrected chi connectivity index (χ3v) is 3.54. The first kappa shape index (κ1) is 17.9. The van der Waals surface area contributed by atoms with Gasteiger partial charge >= 0.3 is 5.97 Å². The first-order valence-electron chi connectivity index (χ1n) is 7.62. The van der Waals surface area contributed by atoms with E-state index in [1.54, 1.807) is 19.2 Å². The number of aryl methyl sites for hydroxylation is 1. The predicted octanol–water partition coefficient (Wildman–Crippen LogP) is 2.35. The molecule has 2 rings (SSSR count). The zero-order chi connectivity index (χ0) is 18.2. The summed E-state index contributed by atoms with van der Waals surface area (Å²) in [5, 5.41) is 14.4. The number of hydrogen-bond acceptors (Lipinski definition) is 6. The van der Waals surface area contributed by atoms with Crippen molar-refractivity contribution in [2.24, 2.45) is 0 Å². The van der Waals surface area contributed by atoms with Crippen molar-refractivity contribution in [2.45, 2.75) is 12.8 Å². The highest BCUT2D eigenvalue weighted by Gasteiger charge is 2.13. The van der Waals surface area contributed by atoms with Crippen LogP contribution in [0.4, 0.5) is 11.5 Å². The van der Waals surface area contributed by atoms with E-state index in [4.69, 9.17) is 5.26 Å². The third kappa shape index (κ3) is 4.78. The molecule has 2 aromatic rings. The van der Waals surface area contributed by atoms with Gasteiger partial charge in [0.2, 0.25) is 5.91 Å². The molecule has 0 bridgehead atoms. The molecule has 0 radical (unpaired) electrons. The molecule has 1 aromatic heterocycles. The summed E-state index contributed by atoms with van der Waals surface area (Å²) in [7, 11) is 2.96. The molecule has 0 saturated heterocycles. The van der Waals surface area contributed by atoms with Crippen LogP contribution in [-0.4, -0.2) is 31.0 Å². The van der Waals surface area contributed by atoms with Crippen molar-refractivity contribution >= 4 is 23.4 Å². The summed E-state index contributed by atoms with van der Waals surface area (Å²) in [5.41, 5.74) is 2.21. The first-order chi connectivity index (χ1) is 12.1. The fourth-order valence-corrected chi connectivity index (χ4v) is 2.21. The van der Waals surface area contributed by atoms with E-state index in [9.17, 15) is 9.59 Å². The van der Waals surface area contributed by atoms with Crippen molar-refractivity contribution in [3.63, 3.8) is 0 Å². The number of aromatic nitrogens is 1. The van der Waals surface area contributed by atoms with Crippen molar-refractivity contribution in [1.29, 1.82) is 5.26 Å². The molecule has 1 heterocycles. The SMILES string of the molecule is CNc1ncc(C(=O)OC)cc1NC(=O)CCc1ccc(C#N)cc1. The molecule has 0 atom stereocenters. The fourth-order valence-electron chi connectivity index (χ4n) is 2.21. The summed E-state index contributed by atoms with van der Waals surface area (Å²) in [6.07, 6.45) is 2.18. The number of pyridine rings is 1. The van der Waals surface area contributed by atoms with Crippen molar-refractivity contribution < 1.29 is 14.3 Å². The molecule has 7 heteroatoms. The lowest BCUT2D eigenvalue weighted by atomic mass is 10.1. The molecule has 0 saturated carbocycles. The Morgan fingerprint density at radius 1 is 1.28 bits per heavy atom. The number of benzene rings is 1. The minimum Gasteiger partial charge on any atom is -0.465 e. The zero-order valence-electron chi connectivity index (χ0n) is 14.0. The van der Waals surface area contributed by atoms with E-state index in [1.165, 1.54) is 19.4 Å². The normalized spacial score (nSPS) is 9.80. The average molecular weight is 338 g/mol. The Bertz CT molecular complexity index is 810. The molecular formula is C18H18N4O3. The molecule has 128 valence electrons. The Morgan fingerprint density at radius 3 is 2.60 bits per heavy atom. The number of anilines is 2. The van der Waals surface area contributed by atoms with Crippen LogP contribution in [-0.2, 0) is 16.0 Å². The van der Waals surface area contributed by atoms with Gasteiger partial charge in [-0.25, -0.2) is 9.78 Å². The van der Waals surface area contributed by atoms with E-state index in [1.807, 2.05) is 12.1 Å². The van der Waals surface area contributed by atoms with Crippen LogP contribution in [0.25, 0.3) is 0 Å².